The molecule has 158 valence electrons. The summed E-state index contributed by atoms with van der Waals surface area (Å²) in [6, 6.07) is 2.60. The summed E-state index contributed by atoms with van der Waals surface area (Å²) in [6.45, 7) is 0.0741. The molecular weight excluding hydrogens is 396 g/mol. The van der Waals surface area contributed by atoms with Crippen molar-refractivity contribution in [3.8, 4) is 17.2 Å². The van der Waals surface area contributed by atoms with Crippen LogP contribution in [0.3, 0.4) is 0 Å². The molecule has 3 rings (SSSR count). The highest BCUT2D eigenvalue weighted by Crippen LogP contribution is 2.41. The van der Waals surface area contributed by atoms with E-state index in [1.165, 1.54) is 12.1 Å². The minimum Gasteiger partial charge on any atom is -0.504 e. The largest absolute Gasteiger partial charge is 0.504 e. The van der Waals surface area contributed by atoms with Gasteiger partial charge in [0.15, 0.2) is 11.5 Å². The van der Waals surface area contributed by atoms with Crippen LogP contribution in [0.5, 0.6) is 17.2 Å². The van der Waals surface area contributed by atoms with Crippen LogP contribution in [0, 0.1) is 0 Å². The lowest BCUT2D eigenvalue weighted by atomic mass is 10.0. The molecule has 2 aromatic heterocycles. The molecule has 0 radical (unpaired) electrons. The fourth-order valence-electron chi connectivity index (χ4n) is 2.68. The van der Waals surface area contributed by atoms with Crippen LogP contribution >= 0.6 is 0 Å². The van der Waals surface area contributed by atoms with Gasteiger partial charge >= 0.3 is 0 Å². The van der Waals surface area contributed by atoms with Gasteiger partial charge in [-0.15, -0.1) is 0 Å². The number of nitrogens with two attached hydrogens (primary N) is 4. The Morgan fingerprint density at radius 2 is 1.27 bits per heavy atom. The van der Waals surface area contributed by atoms with Gasteiger partial charge in [-0.3, -0.25) is 0 Å². The first-order valence-electron chi connectivity index (χ1n) is 8.60. The smallest absolute Gasteiger partial charge is 0.225 e. The number of hydrogen-bond acceptors (Lipinski definition) is 14. The zero-order chi connectivity index (χ0) is 21.8. The summed E-state index contributed by atoms with van der Waals surface area (Å²) < 4.78 is 5.85. The van der Waals surface area contributed by atoms with Crippen LogP contribution in [-0.4, -0.2) is 51.8 Å². The Balaban J connectivity index is 1.84. The normalized spacial score (nSPS) is 12.0. The number of nitrogen functional groups attached to an aromatic ring is 4. The molecule has 1 atom stereocenters. The van der Waals surface area contributed by atoms with E-state index >= 15 is 0 Å². The molecule has 14 heteroatoms. The number of aromatic hydroxyl groups is 3. The summed E-state index contributed by atoms with van der Waals surface area (Å²) in [5.74, 6) is -1.42. The zero-order valence-electron chi connectivity index (χ0n) is 15.6. The van der Waals surface area contributed by atoms with Gasteiger partial charge in [0, 0.05) is 18.4 Å². The highest BCUT2D eigenvalue weighted by atomic mass is 16.5. The maximum Gasteiger partial charge on any atom is 0.225 e. The van der Waals surface area contributed by atoms with Gasteiger partial charge in [-0.2, -0.15) is 29.9 Å². The van der Waals surface area contributed by atoms with Crippen molar-refractivity contribution in [2.75, 3.05) is 29.5 Å². The van der Waals surface area contributed by atoms with E-state index in [1.54, 1.807) is 0 Å². The fraction of sp³-hybridized carbons (Fsp3) is 0.250. The van der Waals surface area contributed by atoms with Crippen LogP contribution in [0.2, 0.25) is 0 Å². The van der Waals surface area contributed by atoms with Gasteiger partial charge in [-0.1, -0.05) is 0 Å². The molecular formula is C16H20N10O4. The van der Waals surface area contributed by atoms with Gasteiger partial charge in [0.05, 0.1) is 12.7 Å². The van der Waals surface area contributed by atoms with Crippen molar-refractivity contribution in [1.82, 2.24) is 29.9 Å². The number of hydrogen-bond donors (Lipinski definition) is 7. The Morgan fingerprint density at radius 3 is 1.83 bits per heavy atom. The Kier molecular flexibility index (Phi) is 5.78. The summed E-state index contributed by atoms with van der Waals surface area (Å²) in [6.07, 6.45) is -0.607. The molecule has 1 unspecified atom stereocenters. The van der Waals surface area contributed by atoms with E-state index in [-0.39, 0.29) is 54.6 Å². The molecule has 0 amide bonds. The molecule has 0 bridgehead atoms. The lowest BCUT2D eigenvalue weighted by Crippen LogP contribution is -2.15. The average Bonchev–Trinajstić information content (AvgIpc) is 2.64. The van der Waals surface area contributed by atoms with Crippen molar-refractivity contribution in [3.63, 3.8) is 0 Å². The first kappa shape index (κ1) is 20.5. The maximum atomic E-state index is 10.3. The van der Waals surface area contributed by atoms with Gasteiger partial charge < -0.3 is 43.0 Å². The van der Waals surface area contributed by atoms with E-state index in [4.69, 9.17) is 27.7 Å². The molecule has 0 aliphatic rings. The third-order valence-corrected chi connectivity index (χ3v) is 3.95. The molecule has 0 spiro atoms. The van der Waals surface area contributed by atoms with E-state index < -0.39 is 23.4 Å². The summed E-state index contributed by atoms with van der Waals surface area (Å²) in [5, 5.41) is 29.7. The minimum absolute atomic E-state index is 0.0220. The number of nitrogens with zero attached hydrogens (tertiary/aromatic N) is 6. The summed E-state index contributed by atoms with van der Waals surface area (Å²) >= 11 is 0. The van der Waals surface area contributed by atoms with Crippen molar-refractivity contribution in [3.05, 3.63) is 29.3 Å². The second-order valence-corrected chi connectivity index (χ2v) is 6.12. The second kappa shape index (κ2) is 8.44. The highest BCUT2D eigenvalue weighted by molar-refractivity contribution is 5.54. The molecule has 0 aliphatic heterocycles. The topological polar surface area (TPSA) is 251 Å². The lowest BCUT2D eigenvalue weighted by Gasteiger charge is -2.19. The molecule has 0 fully saturated rings. The predicted molar refractivity (Wildman–Crippen MR) is 105 cm³/mol. The van der Waals surface area contributed by atoms with Gasteiger partial charge in [0.1, 0.15) is 11.6 Å². The summed E-state index contributed by atoms with van der Waals surface area (Å²) in [7, 11) is 0. The molecule has 0 aliphatic carbocycles. The first-order valence-corrected chi connectivity index (χ1v) is 8.60. The van der Waals surface area contributed by atoms with Crippen molar-refractivity contribution >= 4 is 23.8 Å². The number of aromatic nitrogens is 6. The Hall–Kier alpha value is -4.20. The van der Waals surface area contributed by atoms with Crippen LogP contribution in [0.15, 0.2) is 12.1 Å². The van der Waals surface area contributed by atoms with Gasteiger partial charge in [-0.05, 0) is 12.1 Å². The molecule has 30 heavy (non-hydrogen) atoms. The fourth-order valence-corrected chi connectivity index (χ4v) is 2.68. The number of anilines is 4. The van der Waals surface area contributed by atoms with Crippen LogP contribution < -0.4 is 22.9 Å². The third kappa shape index (κ3) is 4.79. The predicted octanol–water partition coefficient (Wildman–Crippen LogP) is -0.955. The van der Waals surface area contributed by atoms with Crippen LogP contribution in [0.25, 0.3) is 0 Å². The van der Waals surface area contributed by atoms with E-state index in [1.807, 2.05) is 0 Å². The minimum atomic E-state index is -0.853. The molecule has 11 N–H and O–H groups in total. The number of rotatable bonds is 7. The number of phenols is 3. The summed E-state index contributed by atoms with van der Waals surface area (Å²) in [5.41, 5.74) is 22.5. The van der Waals surface area contributed by atoms with E-state index in [9.17, 15) is 15.3 Å². The van der Waals surface area contributed by atoms with Crippen molar-refractivity contribution in [1.29, 1.82) is 0 Å². The average molecular weight is 416 g/mol. The van der Waals surface area contributed by atoms with E-state index in [0.717, 1.165) is 0 Å². The standard InChI is InChI=1S/C16H20N10O4/c17-13-21-9(22-14(18)25-13)3-4-30-8(5-10-23-15(19)26-16(20)24-10)6-1-2-7(27)12(29)11(6)28/h1-2,8,27-29H,3-5H2,(H4,17,18,21,22,25)(H4,19,20,23,24,26). The van der Waals surface area contributed by atoms with Crippen molar-refractivity contribution in [2.24, 2.45) is 0 Å². The number of ether oxygens (including phenoxy) is 1. The second-order valence-electron chi connectivity index (χ2n) is 6.12. The SMILES string of the molecule is Nc1nc(N)nc(CCOC(Cc2nc(N)nc(N)n2)c2ccc(O)c(O)c2O)n1. The van der Waals surface area contributed by atoms with Gasteiger partial charge in [0.25, 0.3) is 0 Å². The van der Waals surface area contributed by atoms with Gasteiger partial charge in [-0.25, -0.2) is 0 Å². The third-order valence-electron chi connectivity index (χ3n) is 3.95. The van der Waals surface area contributed by atoms with Crippen LogP contribution in [0.4, 0.5) is 23.8 Å². The molecule has 3 aromatic rings. The maximum absolute atomic E-state index is 10.3. The quantitative estimate of drug-likeness (QED) is 0.229. The lowest BCUT2D eigenvalue weighted by molar-refractivity contribution is 0.0509. The van der Waals surface area contributed by atoms with Crippen molar-refractivity contribution in [2.45, 2.75) is 18.9 Å². The first-order chi connectivity index (χ1) is 14.2. The number of phenolic OH excluding ortho intramolecular Hbond substituents is 3. The van der Waals surface area contributed by atoms with Crippen LogP contribution in [0.1, 0.15) is 23.3 Å². The highest BCUT2D eigenvalue weighted by Gasteiger charge is 2.23. The Bertz CT molecular complexity index is 1020. The molecule has 0 saturated carbocycles. The molecule has 1 aromatic carbocycles. The number of benzene rings is 1. The van der Waals surface area contributed by atoms with E-state index in [2.05, 4.69) is 29.9 Å². The van der Waals surface area contributed by atoms with Crippen molar-refractivity contribution < 1.29 is 20.1 Å². The molecule has 2 heterocycles. The van der Waals surface area contributed by atoms with Gasteiger partial charge in [0.2, 0.25) is 29.5 Å². The van der Waals surface area contributed by atoms with Crippen LogP contribution in [-0.2, 0) is 17.6 Å². The molecule has 0 saturated heterocycles. The summed E-state index contributed by atoms with van der Waals surface area (Å²) in [4.78, 5) is 23.3. The van der Waals surface area contributed by atoms with E-state index in [0.29, 0.717) is 5.82 Å². The monoisotopic (exact) mass is 416 g/mol. The Morgan fingerprint density at radius 1 is 0.733 bits per heavy atom. The Labute approximate surface area is 169 Å². The molecule has 14 nitrogen and oxygen atoms in total. The zero-order valence-corrected chi connectivity index (χ0v) is 15.6.